The molecule has 0 aromatic heterocycles. The first-order valence-corrected chi connectivity index (χ1v) is 7.95. The number of rotatable bonds is 4. The normalized spacial score (nSPS) is 11.1. The third-order valence-electron chi connectivity index (χ3n) is 2.62. The zero-order valence-corrected chi connectivity index (χ0v) is 12.9. The van der Waals surface area contributed by atoms with E-state index in [1.165, 1.54) is 18.2 Å². The highest BCUT2D eigenvalue weighted by molar-refractivity contribution is 7.92. The minimum atomic E-state index is -3.93. The number of nitrogens with two attached hydrogens (primary N) is 1. The standard InChI is InChI=1S/C13H10ClFN2O2S2/c14-10-3-1-2-4-12(10)21(18,19)17-11-6-5-8(15)7-9(11)13(16)20/h1-7,17H,(H2,16,20). The monoisotopic (exact) mass is 344 g/mol. The maximum atomic E-state index is 13.2. The topological polar surface area (TPSA) is 72.2 Å². The van der Waals surface area contributed by atoms with Crippen LogP contribution in [0, 0.1) is 5.82 Å². The van der Waals surface area contributed by atoms with Crippen LogP contribution in [0.2, 0.25) is 5.02 Å². The Kier molecular flexibility index (Phi) is 4.46. The number of anilines is 1. The van der Waals surface area contributed by atoms with E-state index in [0.29, 0.717) is 0 Å². The average Bonchev–Trinajstić information content (AvgIpc) is 2.40. The zero-order chi connectivity index (χ0) is 15.6. The Morgan fingerprint density at radius 3 is 2.52 bits per heavy atom. The SMILES string of the molecule is NC(=S)c1cc(F)ccc1NS(=O)(=O)c1ccccc1Cl. The van der Waals surface area contributed by atoms with Gasteiger partial charge in [0.15, 0.2) is 0 Å². The Morgan fingerprint density at radius 2 is 1.90 bits per heavy atom. The second kappa shape index (κ2) is 5.97. The number of hydrogen-bond acceptors (Lipinski definition) is 3. The molecule has 110 valence electrons. The van der Waals surface area contributed by atoms with E-state index in [4.69, 9.17) is 29.6 Å². The van der Waals surface area contributed by atoms with Crippen molar-refractivity contribution in [1.29, 1.82) is 0 Å². The molecule has 4 nitrogen and oxygen atoms in total. The summed E-state index contributed by atoms with van der Waals surface area (Å²) in [4.78, 5) is -0.212. The minimum absolute atomic E-state index is 0.0731. The van der Waals surface area contributed by atoms with E-state index >= 15 is 0 Å². The first-order chi connectivity index (χ1) is 9.81. The van der Waals surface area contributed by atoms with Crippen molar-refractivity contribution in [3.63, 3.8) is 0 Å². The lowest BCUT2D eigenvalue weighted by molar-refractivity contribution is 0.601. The van der Waals surface area contributed by atoms with Crippen LogP contribution in [-0.4, -0.2) is 13.4 Å². The molecule has 2 aromatic carbocycles. The molecule has 2 rings (SSSR count). The molecule has 0 fully saturated rings. The summed E-state index contributed by atoms with van der Waals surface area (Å²) in [6, 6.07) is 9.38. The summed E-state index contributed by atoms with van der Waals surface area (Å²) in [6.45, 7) is 0. The van der Waals surface area contributed by atoms with E-state index in [0.717, 1.165) is 12.1 Å². The molecule has 0 saturated carbocycles. The number of benzene rings is 2. The Balaban J connectivity index is 2.47. The lowest BCUT2D eigenvalue weighted by Gasteiger charge is -2.12. The molecular formula is C13H10ClFN2O2S2. The molecular weight excluding hydrogens is 335 g/mol. The van der Waals surface area contributed by atoms with Crippen LogP contribution in [0.5, 0.6) is 0 Å². The Morgan fingerprint density at radius 1 is 1.24 bits per heavy atom. The maximum Gasteiger partial charge on any atom is 0.263 e. The Hall–Kier alpha value is -1.70. The van der Waals surface area contributed by atoms with Crippen molar-refractivity contribution in [2.24, 2.45) is 5.73 Å². The summed E-state index contributed by atoms with van der Waals surface area (Å²) in [5.41, 5.74) is 5.66. The summed E-state index contributed by atoms with van der Waals surface area (Å²) < 4.78 is 40.1. The van der Waals surface area contributed by atoms with E-state index in [2.05, 4.69) is 4.72 Å². The Bertz CT molecular complexity index is 810. The zero-order valence-electron chi connectivity index (χ0n) is 10.5. The van der Waals surface area contributed by atoms with Crippen molar-refractivity contribution in [3.8, 4) is 0 Å². The van der Waals surface area contributed by atoms with Crippen molar-refractivity contribution in [2.45, 2.75) is 4.90 Å². The first kappa shape index (κ1) is 15.7. The summed E-state index contributed by atoms with van der Waals surface area (Å²) in [5.74, 6) is -0.571. The van der Waals surface area contributed by atoms with E-state index < -0.39 is 15.8 Å². The van der Waals surface area contributed by atoms with Gasteiger partial charge in [-0.2, -0.15) is 0 Å². The van der Waals surface area contributed by atoms with E-state index in [9.17, 15) is 12.8 Å². The molecule has 0 radical (unpaired) electrons. The van der Waals surface area contributed by atoms with E-state index in [1.54, 1.807) is 12.1 Å². The van der Waals surface area contributed by atoms with Crippen LogP contribution >= 0.6 is 23.8 Å². The molecule has 8 heteroatoms. The van der Waals surface area contributed by atoms with Gasteiger partial charge in [-0.25, -0.2) is 12.8 Å². The number of thiocarbonyl (C=S) groups is 1. The molecule has 0 spiro atoms. The number of halogens is 2. The van der Waals surface area contributed by atoms with Crippen molar-refractivity contribution in [1.82, 2.24) is 0 Å². The van der Waals surface area contributed by atoms with Gasteiger partial charge in [0.05, 0.1) is 10.7 Å². The van der Waals surface area contributed by atoms with Gasteiger partial charge >= 0.3 is 0 Å². The largest absolute Gasteiger partial charge is 0.389 e. The van der Waals surface area contributed by atoms with Gasteiger partial charge in [-0.05, 0) is 30.3 Å². The molecule has 0 bridgehead atoms. The fourth-order valence-corrected chi connectivity index (χ4v) is 3.44. The van der Waals surface area contributed by atoms with Gasteiger partial charge in [0.25, 0.3) is 10.0 Å². The predicted octanol–water partition coefficient (Wildman–Crippen LogP) is 2.91. The summed E-state index contributed by atoms with van der Waals surface area (Å²) in [5, 5.41) is 0.0731. The summed E-state index contributed by atoms with van der Waals surface area (Å²) in [6.07, 6.45) is 0. The quantitative estimate of drug-likeness (QED) is 0.836. The second-order valence-electron chi connectivity index (χ2n) is 4.09. The van der Waals surface area contributed by atoms with E-state index in [-0.39, 0.29) is 26.2 Å². The van der Waals surface area contributed by atoms with Crippen molar-refractivity contribution < 1.29 is 12.8 Å². The van der Waals surface area contributed by atoms with Gasteiger partial charge in [-0.15, -0.1) is 0 Å². The van der Waals surface area contributed by atoms with Crippen molar-refractivity contribution >= 4 is 44.5 Å². The molecule has 0 heterocycles. The third-order valence-corrected chi connectivity index (χ3v) is 4.70. The lowest BCUT2D eigenvalue weighted by Crippen LogP contribution is -2.18. The number of nitrogens with one attached hydrogen (secondary N) is 1. The van der Waals surface area contributed by atoms with Crippen LogP contribution in [-0.2, 0) is 10.0 Å². The molecule has 3 N–H and O–H groups in total. The van der Waals surface area contributed by atoms with Crippen molar-refractivity contribution in [3.05, 3.63) is 58.9 Å². The average molecular weight is 345 g/mol. The molecule has 0 saturated heterocycles. The third kappa shape index (κ3) is 3.49. The van der Waals surface area contributed by atoms with Crippen LogP contribution in [0.15, 0.2) is 47.4 Å². The summed E-state index contributed by atoms with van der Waals surface area (Å²) >= 11 is 10.7. The van der Waals surface area contributed by atoms with Gasteiger partial charge in [0.1, 0.15) is 15.7 Å². The molecule has 0 atom stereocenters. The molecule has 0 unspecified atom stereocenters. The van der Waals surface area contributed by atoms with Gasteiger partial charge < -0.3 is 5.73 Å². The Labute approximate surface area is 131 Å². The van der Waals surface area contributed by atoms with Crippen LogP contribution < -0.4 is 10.5 Å². The lowest BCUT2D eigenvalue weighted by atomic mass is 10.2. The highest BCUT2D eigenvalue weighted by atomic mass is 35.5. The molecule has 2 aromatic rings. The minimum Gasteiger partial charge on any atom is -0.389 e. The highest BCUT2D eigenvalue weighted by Crippen LogP contribution is 2.25. The van der Waals surface area contributed by atoms with Gasteiger partial charge in [0, 0.05) is 5.56 Å². The molecule has 0 aliphatic heterocycles. The van der Waals surface area contributed by atoms with E-state index in [1.807, 2.05) is 0 Å². The van der Waals surface area contributed by atoms with Gasteiger partial charge in [-0.1, -0.05) is 36.0 Å². The second-order valence-corrected chi connectivity index (χ2v) is 6.59. The molecule has 0 amide bonds. The molecule has 0 aliphatic carbocycles. The summed E-state index contributed by atoms with van der Waals surface area (Å²) in [7, 11) is -3.93. The van der Waals surface area contributed by atoms with Crippen LogP contribution in [0.4, 0.5) is 10.1 Å². The number of hydrogen-bond donors (Lipinski definition) is 2. The predicted molar refractivity (Wildman–Crippen MR) is 84.5 cm³/mol. The molecule has 0 aliphatic rings. The fourth-order valence-electron chi connectivity index (χ4n) is 1.67. The fraction of sp³-hybridized carbons (Fsp3) is 0. The van der Waals surface area contributed by atoms with Crippen LogP contribution in [0.25, 0.3) is 0 Å². The molecule has 21 heavy (non-hydrogen) atoms. The number of sulfonamides is 1. The maximum absolute atomic E-state index is 13.2. The van der Waals surface area contributed by atoms with Crippen LogP contribution in [0.3, 0.4) is 0 Å². The smallest absolute Gasteiger partial charge is 0.263 e. The van der Waals surface area contributed by atoms with Gasteiger partial charge in [0.2, 0.25) is 0 Å². The highest BCUT2D eigenvalue weighted by Gasteiger charge is 2.19. The first-order valence-electron chi connectivity index (χ1n) is 5.68. The van der Waals surface area contributed by atoms with Crippen molar-refractivity contribution in [2.75, 3.05) is 4.72 Å². The van der Waals surface area contributed by atoms with Crippen LogP contribution in [0.1, 0.15) is 5.56 Å². The van der Waals surface area contributed by atoms with Gasteiger partial charge in [-0.3, -0.25) is 4.72 Å².